The number of rotatable bonds is 5. The molecule has 0 bridgehead atoms. The summed E-state index contributed by atoms with van der Waals surface area (Å²) < 4.78 is 12.4. The molecule has 4 aromatic rings. The largest absolute Gasteiger partial charge is 0.733 e. The van der Waals surface area contributed by atoms with E-state index in [0.29, 0.717) is 22.3 Å². The number of anilines is 1. The number of ether oxygens (including phenoxy) is 1. The average molecular weight is 453 g/mol. The molecule has 1 N–H and O–H groups in total. The van der Waals surface area contributed by atoms with E-state index in [-0.39, 0.29) is 22.9 Å². The molecule has 0 radical (unpaired) electrons. The molecule has 4 rings (SSSR count). The molecule has 0 fully saturated rings. The Kier molecular flexibility index (Phi) is 5.35. The smallest absolute Gasteiger partial charge is 0.200 e. The lowest BCUT2D eigenvalue weighted by Gasteiger charge is -2.21. The molecule has 0 amide bonds. The molecule has 7 heteroatoms. The number of hydrogen-bond donors (Lipinski definition) is 1. The summed E-state index contributed by atoms with van der Waals surface area (Å²) in [6.45, 7) is 0.261. The van der Waals surface area contributed by atoms with E-state index >= 15 is 0 Å². The molecule has 1 heterocycles. The van der Waals surface area contributed by atoms with Gasteiger partial charge in [0.2, 0.25) is 0 Å². The van der Waals surface area contributed by atoms with Crippen molar-refractivity contribution in [2.75, 3.05) is 5.23 Å². The van der Waals surface area contributed by atoms with Crippen LogP contribution in [-0.4, -0.2) is 5.21 Å². The van der Waals surface area contributed by atoms with E-state index in [2.05, 4.69) is 15.9 Å². The molecule has 0 atom stereocenters. The fourth-order valence-electron chi connectivity index (χ4n) is 2.91. The van der Waals surface area contributed by atoms with E-state index in [1.807, 2.05) is 24.3 Å². The standard InChI is InChI=1S/C22H15BrNO5/c23-16-5-3-15(4-6-16)20-13-29-21-11-18(9-10-19(21)22(20)25)28-12-14-1-7-17(8-2-14)24(26)27/h1-11,13,26H,12H2/q-1. The zero-order valence-corrected chi connectivity index (χ0v) is 16.6. The van der Waals surface area contributed by atoms with Crippen LogP contribution in [0.15, 0.2) is 86.7 Å². The first-order valence-corrected chi connectivity index (χ1v) is 9.50. The Morgan fingerprint density at radius 3 is 2.45 bits per heavy atom. The Bertz CT molecular complexity index is 1200. The van der Waals surface area contributed by atoms with Crippen LogP contribution in [0, 0.1) is 5.21 Å². The van der Waals surface area contributed by atoms with Crippen LogP contribution < -0.4 is 15.4 Å². The van der Waals surface area contributed by atoms with Gasteiger partial charge in [-0.05, 0) is 47.5 Å². The first kappa shape index (κ1) is 19.2. The van der Waals surface area contributed by atoms with E-state index in [0.717, 1.165) is 15.6 Å². The molecule has 0 aliphatic rings. The van der Waals surface area contributed by atoms with Crippen LogP contribution in [-0.2, 0) is 6.61 Å². The van der Waals surface area contributed by atoms with Gasteiger partial charge in [-0.3, -0.25) is 10.0 Å². The summed E-state index contributed by atoms with van der Waals surface area (Å²) in [5.41, 5.74) is 2.57. The maximum atomic E-state index is 12.8. The number of benzene rings is 3. The first-order valence-electron chi connectivity index (χ1n) is 8.70. The summed E-state index contributed by atoms with van der Waals surface area (Å²) in [4.78, 5) is 12.8. The van der Waals surface area contributed by atoms with Crippen molar-refractivity contribution in [1.82, 2.24) is 0 Å². The van der Waals surface area contributed by atoms with Crippen molar-refractivity contribution >= 4 is 32.6 Å². The minimum Gasteiger partial charge on any atom is -0.733 e. The number of hydrogen-bond acceptors (Lipinski definition) is 6. The van der Waals surface area contributed by atoms with Gasteiger partial charge in [0, 0.05) is 10.5 Å². The summed E-state index contributed by atoms with van der Waals surface area (Å²) in [5.74, 6) is 0.550. The van der Waals surface area contributed by atoms with Gasteiger partial charge in [-0.25, -0.2) is 0 Å². The van der Waals surface area contributed by atoms with Crippen LogP contribution in [0.25, 0.3) is 22.1 Å². The van der Waals surface area contributed by atoms with Crippen LogP contribution in [0.2, 0.25) is 0 Å². The zero-order valence-electron chi connectivity index (χ0n) is 15.0. The van der Waals surface area contributed by atoms with Crippen molar-refractivity contribution in [3.63, 3.8) is 0 Å². The second-order valence-corrected chi connectivity index (χ2v) is 7.29. The highest BCUT2D eigenvalue weighted by atomic mass is 79.9. The highest BCUT2D eigenvalue weighted by molar-refractivity contribution is 9.10. The van der Waals surface area contributed by atoms with Crippen molar-refractivity contribution in [3.8, 4) is 16.9 Å². The van der Waals surface area contributed by atoms with Gasteiger partial charge in [-0.1, -0.05) is 40.2 Å². The van der Waals surface area contributed by atoms with Gasteiger partial charge in [0.1, 0.15) is 24.2 Å². The molecule has 0 saturated carbocycles. The van der Waals surface area contributed by atoms with Gasteiger partial charge in [0.25, 0.3) is 0 Å². The van der Waals surface area contributed by atoms with Gasteiger partial charge in [-0.2, -0.15) is 0 Å². The molecule has 6 nitrogen and oxygen atoms in total. The first-order chi connectivity index (χ1) is 14.0. The highest BCUT2D eigenvalue weighted by Gasteiger charge is 2.10. The van der Waals surface area contributed by atoms with Crippen LogP contribution in [0.4, 0.5) is 5.69 Å². The van der Waals surface area contributed by atoms with Crippen LogP contribution in [0.1, 0.15) is 5.56 Å². The molecule has 0 saturated heterocycles. The van der Waals surface area contributed by atoms with Gasteiger partial charge in [0.05, 0.1) is 16.6 Å². The SMILES string of the molecule is O=c1c(-c2ccc(Br)cc2)coc2cc(OCc3ccc(N([O-])O)cc3)ccc12. The number of nitrogens with zero attached hydrogens (tertiary/aromatic N) is 1. The average Bonchev–Trinajstić information content (AvgIpc) is 2.73. The number of fused-ring (bicyclic) bond motifs is 1. The Balaban J connectivity index is 1.56. The van der Waals surface area contributed by atoms with Gasteiger partial charge < -0.3 is 19.6 Å². The van der Waals surface area contributed by atoms with Crippen molar-refractivity contribution in [1.29, 1.82) is 0 Å². The molecule has 0 unspecified atom stereocenters. The molecule has 0 aliphatic heterocycles. The topological polar surface area (TPSA) is 86.0 Å². The summed E-state index contributed by atoms with van der Waals surface area (Å²) in [6, 6.07) is 18.9. The maximum absolute atomic E-state index is 12.8. The summed E-state index contributed by atoms with van der Waals surface area (Å²) >= 11 is 3.38. The van der Waals surface area contributed by atoms with E-state index in [4.69, 9.17) is 14.4 Å². The van der Waals surface area contributed by atoms with E-state index in [1.54, 1.807) is 30.3 Å². The summed E-state index contributed by atoms with van der Waals surface area (Å²) in [6.07, 6.45) is 1.46. The van der Waals surface area contributed by atoms with Crippen molar-refractivity contribution in [2.45, 2.75) is 6.61 Å². The fourth-order valence-corrected chi connectivity index (χ4v) is 3.18. The second-order valence-electron chi connectivity index (χ2n) is 6.37. The van der Waals surface area contributed by atoms with Crippen LogP contribution in [0.5, 0.6) is 5.75 Å². The molecule has 3 aromatic carbocycles. The molecular weight excluding hydrogens is 438 g/mol. The monoisotopic (exact) mass is 452 g/mol. The summed E-state index contributed by atoms with van der Waals surface area (Å²) in [7, 11) is 0. The third kappa shape index (κ3) is 4.17. The molecule has 0 aliphatic carbocycles. The lowest BCUT2D eigenvalue weighted by atomic mass is 10.1. The maximum Gasteiger partial charge on any atom is 0.200 e. The third-order valence-electron chi connectivity index (χ3n) is 4.46. The van der Waals surface area contributed by atoms with E-state index in [9.17, 15) is 10.0 Å². The normalized spacial score (nSPS) is 10.9. The Morgan fingerprint density at radius 2 is 1.76 bits per heavy atom. The molecular formula is C22H15BrNO5-. The van der Waals surface area contributed by atoms with Crippen molar-refractivity contribution in [3.05, 3.63) is 98.5 Å². The minimum atomic E-state index is -0.196. The molecule has 0 spiro atoms. The lowest BCUT2D eigenvalue weighted by molar-refractivity contribution is 0.295. The predicted molar refractivity (Wildman–Crippen MR) is 114 cm³/mol. The Hall–Kier alpha value is -3.13. The predicted octanol–water partition coefficient (Wildman–Crippen LogP) is 5.49. The van der Waals surface area contributed by atoms with Gasteiger partial charge >= 0.3 is 0 Å². The van der Waals surface area contributed by atoms with E-state index < -0.39 is 0 Å². The summed E-state index contributed by atoms with van der Waals surface area (Å²) in [5, 5.41) is 20.0. The van der Waals surface area contributed by atoms with E-state index in [1.165, 1.54) is 18.4 Å². The Labute approximate surface area is 174 Å². The van der Waals surface area contributed by atoms with Crippen LogP contribution in [0.3, 0.4) is 0 Å². The third-order valence-corrected chi connectivity index (χ3v) is 4.99. The van der Waals surface area contributed by atoms with Gasteiger partial charge in [-0.15, -0.1) is 0 Å². The minimum absolute atomic E-state index is 0.109. The van der Waals surface area contributed by atoms with Crippen LogP contribution >= 0.6 is 15.9 Å². The molecule has 29 heavy (non-hydrogen) atoms. The highest BCUT2D eigenvalue weighted by Crippen LogP contribution is 2.25. The zero-order chi connectivity index (χ0) is 20.4. The number of halogens is 1. The van der Waals surface area contributed by atoms with Gasteiger partial charge in [0.15, 0.2) is 5.43 Å². The van der Waals surface area contributed by atoms with Crippen molar-refractivity contribution in [2.24, 2.45) is 0 Å². The molecule has 146 valence electrons. The van der Waals surface area contributed by atoms with Crippen molar-refractivity contribution < 1.29 is 14.4 Å². The molecule has 1 aromatic heterocycles. The second kappa shape index (κ2) is 8.08. The lowest BCUT2D eigenvalue weighted by Crippen LogP contribution is -2.07. The Morgan fingerprint density at radius 1 is 1.03 bits per heavy atom. The fraction of sp³-hybridized carbons (Fsp3) is 0.0455. The quantitative estimate of drug-likeness (QED) is 0.402.